The van der Waals surface area contributed by atoms with Crippen molar-refractivity contribution in [1.82, 2.24) is 19.9 Å². The van der Waals surface area contributed by atoms with Crippen LogP contribution in [0.5, 0.6) is 0 Å². The second-order valence-corrected chi connectivity index (χ2v) is 26.1. The van der Waals surface area contributed by atoms with Gasteiger partial charge in [-0.25, -0.2) is 19.9 Å². The number of nitrogens with zero attached hydrogens (tertiary/aromatic N) is 8. The van der Waals surface area contributed by atoms with Gasteiger partial charge in [-0.2, -0.15) is 10.2 Å². The predicted octanol–water partition coefficient (Wildman–Crippen LogP) is 19.2. The van der Waals surface area contributed by atoms with Crippen LogP contribution in [0.25, 0.3) is 86.7 Å². The third-order valence-corrected chi connectivity index (χ3v) is 18.5. The lowest BCUT2D eigenvalue weighted by atomic mass is 9.87. The van der Waals surface area contributed by atoms with Crippen LogP contribution in [0.2, 0.25) is 0 Å². The molecule has 0 radical (unpaired) electrons. The van der Waals surface area contributed by atoms with E-state index in [1.165, 1.54) is 20.5 Å². The van der Waals surface area contributed by atoms with Crippen molar-refractivity contribution < 1.29 is 8.83 Å². The number of aromatic nitrogens is 4. The molecule has 2 aliphatic heterocycles. The minimum absolute atomic E-state index is 0.00888. The van der Waals surface area contributed by atoms with Crippen LogP contribution in [-0.4, -0.2) is 31.4 Å². The smallest absolute Gasteiger partial charge is 0.227 e. The van der Waals surface area contributed by atoms with Crippen LogP contribution in [0.3, 0.4) is 0 Å². The topological polar surface area (TPSA) is 109 Å². The van der Waals surface area contributed by atoms with Gasteiger partial charge in [-0.15, -0.1) is 22.7 Å². The third kappa shape index (κ3) is 9.64. The van der Waals surface area contributed by atoms with E-state index in [9.17, 15) is 0 Å². The molecular weight excluding hydrogens is 1070 g/mol. The molecule has 10 nitrogen and oxygen atoms in total. The van der Waals surface area contributed by atoms with Crippen LogP contribution < -0.4 is 10.0 Å². The predicted molar refractivity (Wildman–Crippen MR) is 346 cm³/mol. The van der Waals surface area contributed by atoms with Gasteiger partial charge in [-0.1, -0.05) is 126 Å². The van der Waals surface area contributed by atoms with Crippen molar-refractivity contribution in [3.05, 3.63) is 240 Å². The molecule has 15 rings (SSSR count). The van der Waals surface area contributed by atoms with E-state index < -0.39 is 0 Å². The number of thiazole rings is 2. The Morgan fingerprint density at radius 3 is 1.13 bits per heavy atom. The van der Waals surface area contributed by atoms with Gasteiger partial charge in [0.1, 0.15) is 21.0 Å². The quantitative estimate of drug-likeness (QED) is 0.133. The van der Waals surface area contributed by atoms with E-state index in [0.29, 0.717) is 24.6 Å². The molecule has 6 heterocycles. The summed E-state index contributed by atoms with van der Waals surface area (Å²) in [7, 11) is 0. The highest BCUT2D eigenvalue weighted by Crippen LogP contribution is 2.43. The molecule has 2 unspecified atom stereocenters. The van der Waals surface area contributed by atoms with E-state index in [0.717, 1.165) is 111 Å². The van der Waals surface area contributed by atoms with E-state index in [1.54, 1.807) is 22.7 Å². The summed E-state index contributed by atoms with van der Waals surface area (Å²) in [6.07, 6.45) is 1.41. The Bertz CT molecular complexity index is 4330. The number of rotatable bonds is 10. The first-order valence-electron chi connectivity index (χ1n) is 28.6. The first kappa shape index (κ1) is 51.5. The molecule has 0 aliphatic carbocycles. The molecule has 0 spiro atoms. The second kappa shape index (κ2) is 20.2. The van der Waals surface area contributed by atoms with Gasteiger partial charge in [-0.3, -0.25) is 10.0 Å². The van der Waals surface area contributed by atoms with Gasteiger partial charge in [0.2, 0.25) is 11.8 Å². The maximum Gasteiger partial charge on any atom is 0.227 e. The Hall–Kier alpha value is -9.36. The lowest BCUT2D eigenvalue weighted by Crippen LogP contribution is -2.18. The minimum atomic E-state index is -0.0649. The third-order valence-electron chi connectivity index (χ3n) is 16.3. The van der Waals surface area contributed by atoms with Gasteiger partial charge in [0, 0.05) is 35.1 Å². The second-order valence-electron chi connectivity index (χ2n) is 24.0. The van der Waals surface area contributed by atoms with Crippen molar-refractivity contribution in [1.29, 1.82) is 0 Å². The SMILES string of the molecule is CC(C)(C)c1ccc2oc(-c3ccc(C4CC(c5ccc(C6=NN(c7ccc(-c8nc9ccccc9s8)cc7)C(c7ccc(-c8nc9cc(C(C)(C)C)ccc9o8)cc7)C6)cc5)=NN4c4ccc(-c5nc6ccccc6s5)cc4)cc3)nc2c1. The van der Waals surface area contributed by atoms with Gasteiger partial charge in [-0.05, 0) is 166 Å². The Morgan fingerprint density at radius 1 is 0.381 bits per heavy atom. The number of benzene rings is 9. The maximum absolute atomic E-state index is 6.32. The molecule has 0 saturated carbocycles. The number of hydrazone groups is 2. The number of para-hydroxylation sites is 2. The molecule has 0 bridgehead atoms. The number of anilines is 2. The average molecular weight is 1130 g/mol. The summed E-state index contributed by atoms with van der Waals surface area (Å²) in [5.74, 6) is 1.22. The molecular formula is C72H58N8O2S2. The monoisotopic (exact) mass is 1130 g/mol. The van der Waals surface area contributed by atoms with Crippen LogP contribution in [0, 0.1) is 0 Å². The van der Waals surface area contributed by atoms with E-state index in [-0.39, 0.29) is 22.9 Å². The van der Waals surface area contributed by atoms with Crippen LogP contribution in [0.4, 0.5) is 11.4 Å². The maximum atomic E-state index is 6.32. The fraction of sp³-hybridized carbons (Fsp3) is 0.167. The minimum Gasteiger partial charge on any atom is -0.436 e. The van der Waals surface area contributed by atoms with Crippen LogP contribution >= 0.6 is 22.7 Å². The van der Waals surface area contributed by atoms with E-state index >= 15 is 0 Å². The van der Waals surface area contributed by atoms with Crippen LogP contribution in [-0.2, 0) is 10.8 Å². The fourth-order valence-electron chi connectivity index (χ4n) is 11.5. The molecule has 4 aromatic heterocycles. The van der Waals surface area contributed by atoms with E-state index in [2.05, 4.69) is 234 Å². The molecule has 84 heavy (non-hydrogen) atoms. The van der Waals surface area contributed by atoms with Crippen molar-refractivity contribution in [2.24, 2.45) is 10.2 Å². The average Bonchev–Trinajstić information content (AvgIpc) is 4.04. The summed E-state index contributed by atoms with van der Waals surface area (Å²) in [5, 5.41) is 17.2. The number of hydrogen-bond acceptors (Lipinski definition) is 12. The summed E-state index contributed by atoms with van der Waals surface area (Å²) in [6, 6.07) is 72.5. The molecule has 410 valence electrons. The highest BCUT2D eigenvalue weighted by Gasteiger charge is 2.33. The molecule has 0 amide bonds. The molecule has 2 aliphatic rings. The number of fused-ring (bicyclic) bond motifs is 4. The molecule has 0 N–H and O–H groups in total. The largest absolute Gasteiger partial charge is 0.436 e. The number of oxazole rings is 2. The fourth-order valence-corrected chi connectivity index (χ4v) is 13.4. The van der Waals surface area contributed by atoms with Gasteiger partial charge in [0.05, 0.1) is 55.3 Å². The summed E-state index contributed by atoms with van der Waals surface area (Å²) in [4.78, 5) is 19.8. The normalized spacial score (nSPS) is 15.7. The van der Waals surface area contributed by atoms with Crippen molar-refractivity contribution in [3.63, 3.8) is 0 Å². The van der Waals surface area contributed by atoms with Crippen LogP contribution in [0.1, 0.15) is 99.8 Å². The molecule has 12 heteroatoms. The standard InChI is InChI=1S/C72H58N8O2S2/c1-71(2,3)51-31-37-63-59(39-51)73-67(81-63)47-23-19-45(20-24-47)61-41-57(77-79(61)53-33-27-49(28-34-53)69-75-55-11-7-9-13-65(55)83-69)43-15-17-44(18-16-43)58-42-62(80(78-58)54-35-29-50(30-36-54)70-76-56-12-8-10-14-66(56)84-70)46-21-25-48(26-22-46)68-74-60-40-52(72(4,5)6)32-38-64(60)82-68/h7-40,61-62H,41-42H2,1-6H3. The van der Waals surface area contributed by atoms with Crippen molar-refractivity contribution in [2.45, 2.75) is 77.3 Å². The van der Waals surface area contributed by atoms with Crippen molar-refractivity contribution in [3.8, 4) is 44.1 Å². The first-order chi connectivity index (χ1) is 40.8. The van der Waals surface area contributed by atoms with Crippen molar-refractivity contribution in [2.75, 3.05) is 10.0 Å². The van der Waals surface area contributed by atoms with Gasteiger partial charge < -0.3 is 8.83 Å². The number of hydrogen-bond donors (Lipinski definition) is 0. The van der Waals surface area contributed by atoms with Gasteiger partial charge >= 0.3 is 0 Å². The van der Waals surface area contributed by atoms with E-state index in [4.69, 9.17) is 39.0 Å². The highest BCUT2D eigenvalue weighted by atomic mass is 32.1. The summed E-state index contributed by atoms with van der Waals surface area (Å²) in [6.45, 7) is 13.3. The van der Waals surface area contributed by atoms with Gasteiger partial charge in [0.25, 0.3) is 0 Å². The highest BCUT2D eigenvalue weighted by molar-refractivity contribution is 7.22. The molecule has 13 aromatic rings. The summed E-state index contributed by atoms with van der Waals surface area (Å²) >= 11 is 3.42. The Balaban J connectivity index is 0.734. The lowest BCUT2D eigenvalue weighted by Gasteiger charge is -2.24. The Morgan fingerprint density at radius 2 is 0.750 bits per heavy atom. The molecule has 9 aromatic carbocycles. The zero-order valence-corrected chi connectivity index (χ0v) is 49.0. The molecule has 0 saturated heterocycles. The zero-order chi connectivity index (χ0) is 56.8. The first-order valence-corrected chi connectivity index (χ1v) is 30.2. The van der Waals surface area contributed by atoms with Crippen LogP contribution in [0.15, 0.2) is 225 Å². The Kier molecular flexibility index (Phi) is 12.4. The summed E-state index contributed by atoms with van der Waals surface area (Å²) < 4.78 is 15.0. The zero-order valence-electron chi connectivity index (χ0n) is 47.4. The van der Waals surface area contributed by atoms with E-state index in [1.807, 2.05) is 24.3 Å². The summed E-state index contributed by atoms with van der Waals surface area (Å²) in [5.41, 5.74) is 20.3. The lowest BCUT2D eigenvalue weighted by molar-refractivity contribution is 0.589. The Labute approximate surface area is 495 Å². The molecule has 2 atom stereocenters. The van der Waals surface area contributed by atoms with Gasteiger partial charge in [0.15, 0.2) is 11.2 Å². The van der Waals surface area contributed by atoms with Crippen molar-refractivity contribution >= 4 is 88.1 Å². The molecule has 0 fully saturated rings.